The number of nitro groups is 1. The first-order valence-corrected chi connectivity index (χ1v) is 10.8. The van der Waals surface area contributed by atoms with E-state index in [-0.39, 0.29) is 5.69 Å². The Labute approximate surface area is 196 Å². The summed E-state index contributed by atoms with van der Waals surface area (Å²) in [6.45, 7) is 4.54. The summed E-state index contributed by atoms with van der Waals surface area (Å²) >= 11 is 5.51. The van der Waals surface area contributed by atoms with Crippen LogP contribution in [-0.2, 0) is 9.53 Å². The second kappa shape index (κ2) is 10.2. The molecule has 9 nitrogen and oxygen atoms in total. The molecular weight excluding hydrogens is 444 g/mol. The molecule has 10 heteroatoms. The van der Waals surface area contributed by atoms with Gasteiger partial charge >= 0.3 is 5.97 Å². The number of amides is 1. The zero-order valence-corrected chi connectivity index (χ0v) is 19.3. The van der Waals surface area contributed by atoms with Gasteiger partial charge in [0.25, 0.3) is 11.6 Å². The number of benzene rings is 2. The lowest BCUT2D eigenvalue weighted by Gasteiger charge is -2.38. The molecule has 2 N–H and O–H groups in total. The van der Waals surface area contributed by atoms with E-state index in [2.05, 4.69) is 10.6 Å². The molecule has 0 aromatic heterocycles. The minimum Gasteiger partial charge on any atom is -0.466 e. The zero-order chi connectivity index (χ0) is 24.1. The van der Waals surface area contributed by atoms with E-state index in [1.165, 1.54) is 31.4 Å². The first-order valence-electron chi connectivity index (χ1n) is 10.4. The lowest BCUT2D eigenvalue weighted by Crippen LogP contribution is -2.48. The lowest BCUT2D eigenvalue weighted by molar-refractivity contribution is -0.384. The average Bonchev–Trinajstić information content (AvgIpc) is 2.83. The van der Waals surface area contributed by atoms with Crippen molar-refractivity contribution >= 4 is 40.6 Å². The molecule has 0 radical (unpaired) electrons. The quantitative estimate of drug-likeness (QED) is 0.272. The molecule has 1 amide bonds. The molecule has 1 heterocycles. The van der Waals surface area contributed by atoms with Crippen LogP contribution in [0.25, 0.3) is 0 Å². The third-order valence-corrected chi connectivity index (χ3v) is 5.68. The van der Waals surface area contributed by atoms with Gasteiger partial charge < -0.3 is 20.3 Å². The van der Waals surface area contributed by atoms with Gasteiger partial charge in [0.05, 0.1) is 23.6 Å². The van der Waals surface area contributed by atoms with Crippen molar-refractivity contribution in [1.29, 1.82) is 0 Å². The number of non-ortho nitro benzene ring substituents is 1. The minimum atomic E-state index is -0.522. The first kappa shape index (κ1) is 23.9. The van der Waals surface area contributed by atoms with E-state index in [1.807, 2.05) is 18.7 Å². The maximum atomic E-state index is 12.6. The number of nitrogens with zero attached hydrogens (tertiary/aromatic N) is 2. The van der Waals surface area contributed by atoms with Crippen molar-refractivity contribution in [3.05, 3.63) is 81.0 Å². The second-order valence-corrected chi connectivity index (χ2v) is 7.60. The smallest absolute Gasteiger partial charge is 0.337 e. The summed E-state index contributed by atoms with van der Waals surface area (Å²) in [5.74, 6) is -0.822. The summed E-state index contributed by atoms with van der Waals surface area (Å²) in [5.41, 5.74) is 2.85. The fraction of sp³-hybridized carbons (Fsp3) is 0.261. The Morgan fingerprint density at radius 2 is 1.79 bits per heavy atom. The number of hydrogen-bond donors (Lipinski definition) is 2. The fourth-order valence-corrected chi connectivity index (χ4v) is 4.07. The van der Waals surface area contributed by atoms with Crippen molar-refractivity contribution in [2.24, 2.45) is 0 Å². The predicted octanol–water partition coefficient (Wildman–Crippen LogP) is 3.94. The monoisotopic (exact) mass is 468 g/mol. The number of methoxy groups -OCH3 is 1. The van der Waals surface area contributed by atoms with Crippen LogP contribution in [0.2, 0.25) is 0 Å². The summed E-state index contributed by atoms with van der Waals surface area (Å²) in [4.78, 5) is 37.2. The molecule has 172 valence electrons. The van der Waals surface area contributed by atoms with E-state index in [9.17, 15) is 19.7 Å². The Morgan fingerprint density at radius 3 is 2.30 bits per heavy atom. The van der Waals surface area contributed by atoms with Crippen molar-refractivity contribution in [2.75, 3.05) is 19.0 Å². The van der Waals surface area contributed by atoms with E-state index in [1.54, 1.807) is 24.3 Å². The number of ether oxygens (including phenoxy) is 1. The van der Waals surface area contributed by atoms with Gasteiger partial charge in [-0.15, -0.1) is 0 Å². The summed E-state index contributed by atoms with van der Waals surface area (Å²) in [6, 6.07) is 11.9. The maximum Gasteiger partial charge on any atom is 0.337 e. The highest BCUT2D eigenvalue weighted by molar-refractivity contribution is 7.80. The van der Waals surface area contributed by atoms with Crippen LogP contribution < -0.4 is 10.6 Å². The molecule has 0 bridgehead atoms. The highest BCUT2D eigenvalue weighted by atomic mass is 32.1. The van der Waals surface area contributed by atoms with E-state index in [4.69, 9.17) is 17.0 Å². The van der Waals surface area contributed by atoms with Crippen molar-refractivity contribution in [3.8, 4) is 0 Å². The summed E-state index contributed by atoms with van der Waals surface area (Å²) in [5, 5.41) is 17.3. The number of nitrogens with one attached hydrogen (secondary N) is 2. The van der Waals surface area contributed by atoms with Gasteiger partial charge in [-0.25, -0.2) is 4.79 Å². The van der Waals surface area contributed by atoms with Crippen LogP contribution in [0.15, 0.2) is 59.8 Å². The van der Waals surface area contributed by atoms with Crippen molar-refractivity contribution in [1.82, 2.24) is 10.2 Å². The third-order valence-electron chi connectivity index (χ3n) is 5.34. The number of nitro benzene ring substituents is 1. The molecule has 0 spiro atoms. The van der Waals surface area contributed by atoms with E-state index in [0.29, 0.717) is 34.9 Å². The molecule has 3 rings (SSSR count). The number of carbonyl (C=O) groups is 2. The van der Waals surface area contributed by atoms with Crippen LogP contribution in [0.4, 0.5) is 11.4 Å². The molecule has 1 atom stereocenters. The fourth-order valence-electron chi connectivity index (χ4n) is 3.72. The molecule has 2 aromatic carbocycles. The number of rotatable bonds is 7. The summed E-state index contributed by atoms with van der Waals surface area (Å²) in [7, 11) is 1.35. The Balaban J connectivity index is 1.84. The maximum absolute atomic E-state index is 12.6. The molecule has 0 saturated carbocycles. The van der Waals surface area contributed by atoms with Crippen LogP contribution in [0, 0.1) is 10.1 Å². The Bertz CT molecular complexity index is 1110. The van der Waals surface area contributed by atoms with E-state index >= 15 is 0 Å². The molecule has 33 heavy (non-hydrogen) atoms. The highest BCUT2D eigenvalue weighted by Crippen LogP contribution is 2.33. The van der Waals surface area contributed by atoms with Crippen molar-refractivity contribution < 1.29 is 19.2 Å². The molecule has 0 aliphatic carbocycles. The van der Waals surface area contributed by atoms with Gasteiger partial charge in [0, 0.05) is 35.6 Å². The van der Waals surface area contributed by atoms with Crippen molar-refractivity contribution in [3.63, 3.8) is 0 Å². The summed E-state index contributed by atoms with van der Waals surface area (Å²) in [6.07, 6.45) is 0.611. The lowest BCUT2D eigenvalue weighted by atomic mass is 9.93. The molecule has 1 aliphatic rings. The second-order valence-electron chi connectivity index (χ2n) is 7.21. The van der Waals surface area contributed by atoms with E-state index < -0.39 is 22.8 Å². The van der Waals surface area contributed by atoms with Gasteiger partial charge in [-0.3, -0.25) is 14.9 Å². The SMILES string of the molecule is CCC1=C(C(=O)OC)C(c2ccc(NC(=O)c3ccc([N+](=O)[O-])cc3)cc2)NC(=S)N1CC. The number of esters is 1. The van der Waals surface area contributed by atoms with E-state index in [0.717, 1.165) is 11.3 Å². The minimum absolute atomic E-state index is 0.0867. The number of allylic oxidation sites excluding steroid dienone is 1. The van der Waals surface area contributed by atoms with Crippen LogP contribution in [0.5, 0.6) is 0 Å². The molecular formula is C23H24N4O5S. The molecule has 2 aromatic rings. The van der Waals surface area contributed by atoms with Crippen molar-refractivity contribution in [2.45, 2.75) is 26.3 Å². The Hall–Kier alpha value is -3.79. The summed E-state index contributed by atoms with van der Waals surface area (Å²) < 4.78 is 5.04. The topological polar surface area (TPSA) is 114 Å². The zero-order valence-electron chi connectivity index (χ0n) is 18.5. The van der Waals surface area contributed by atoms with Crippen LogP contribution in [-0.4, -0.2) is 40.5 Å². The molecule has 1 unspecified atom stereocenters. The van der Waals surface area contributed by atoms with Gasteiger partial charge in [0.2, 0.25) is 0 Å². The largest absolute Gasteiger partial charge is 0.466 e. The Morgan fingerprint density at radius 1 is 1.15 bits per heavy atom. The van der Waals surface area contributed by atoms with Gasteiger partial charge in [-0.1, -0.05) is 19.1 Å². The van der Waals surface area contributed by atoms with Crippen LogP contribution >= 0.6 is 12.2 Å². The normalized spacial score (nSPS) is 15.7. The van der Waals surface area contributed by atoms with Gasteiger partial charge in [0.1, 0.15) is 0 Å². The van der Waals surface area contributed by atoms with Gasteiger partial charge in [-0.2, -0.15) is 0 Å². The van der Waals surface area contributed by atoms with Gasteiger partial charge in [-0.05, 0) is 55.4 Å². The van der Waals surface area contributed by atoms with Crippen LogP contribution in [0.3, 0.4) is 0 Å². The molecule has 1 aliphatic heterocycles. The highest BCUT2D eigenvalue weighted by Gasteiger charge is 2.35. The first-order chi connectivity index (χ1) is 15.8. The molecule has 0 saturated heterocycles. The number of hydrogen-bond acceptors (Lipinski definition) is 6. The average molecular weight is 469 g/mol. The van der Waals surface area contributed by atoms with Gasteiger partial charge in [0.15, 0.2) is 5.11 Å². The molecule has 0 fully saturated rings. The number of anilines is 1. The van der Waals surface area contributed by atoms with Crippen LogP contribution in [0.1, 0.15) is 42.2 Å². The third kappa shape index (κ3) is 5.01. The Kier molecular flexibility index (Phi) is 7.39. The number of carbonyl (C=O) groups excluding carboxylic acids is 2. The predicted molar refractivity (Wildman–Crippen MR) is 128 cm³/mol. The number of thiocarbonyl (C=S) groups is 1. The standard InChI is InChI=1S/C23H24N4O5S/c1-4-18-19(22(29)32-3)20(25-23(33)26(18)5-2)14-6-10-16(11-7-14)24-21(28)15-8-12-17(13-9-15)27(30)31/h6-13,20H,4-5H2,1-3H3,(H,24,28)(H,25,33).